The highest BCUT2D eigenvalue weighted by Gasteiger charge is 2.09. The SMILES string of the molecule is CCCCOc1ccc(C(=O)NNC(=O)c2ccc(C)cc2)cc1. The van der Waals surface area contributed by atoms with Gasteiger partial charge < -0.3 is 4.74 Å². The zero-order valence-electron chi connectivity index (χ0n) is 14.0. The van der Waals surface area contributed by atoms with Crippen LogP contribution >= 0.6 is 0 Å². The standard InChI is InChI=1S/C19H22N2O3/c1-3-4-13-24-17-11-9-16(10-12-17)19(23)21-20-18(22)15-7-5-14(2)6-8-15/h5-12H,3-4,13H2,1-2H3,(H,20,22)(H,21,23). The molecule has 2 aromatic carbocycles. The predicted molar refractivity (Wildman–Crippen MR) is 93.0 cm³/mol. The van der Waals surface area contributed by atoms with E-state index in [1.54, 1.807) is 36.4 Å². The van der Waals surface area contributed by atoms with E-state index in [-0.39, 0.29) is 11.8 Å². The van der Waals surface area contributed by atoms with E-state index < -0.39 is 0 Å². The van der Waals surface area contributed by atoms with Crippen molar-refractivity contribution >= 4 is 11.8 Å². The van der Waals surface area contributed by atoms with Crippen molar-refractivity contribution in [2.24, 2.45) is 0 Å². The van der Waals surface area contributed by atoms with Crippen LogP contribution in [-0.2, 0) is 0 Å². The van der Waals surface area contributed by atoms with Crippen molar-refractivity contribution in [2.75, 3.05) is 6.61 Å². The molecule has 0 heterocycles. The van der Waals surface area contributed by atoms with Crippen molar-refractivity contribution in [3.05, 3.63) is 65.2 Å². The molecule has 5 heteroatoms. The molecular weight excluding hydrogens is 304 g/mol. The smallest absolute Gasteiger partial charge is 0.269 e. The van der Waals surface area contributed by atoms with Gasteiger partial charge >= 0.3 is 0 Å². The van der Waals surface area contributed by atoms with Crippen LogP contribution in [-0.4, -0.2) is 18.4 Å². The van der Waals surface area contributed by atoms with Crippen LogP contribution in [0.5, 0.6) is 5.75 Å². The molecule has 0 atom stereocenters. The number of aryl methyl sites for hydroxylation is 1. The molecule has 0 fully saturated rings. The predicted octanol–water partition coefficient (Wildman–Crippen LogP) is 3.25. The van der Waals surface area contributed by atoms with Gasteiger partial charge in [0.05, 0.1) is 6.61 Å². The lowest BCUT2D eigenvalue weighted by Gasteiger charge is -2.09. The van der Waals surface area contributed by atoms with Gasteiger partial charge in [-0.05, 0) is 49.7 Å². The summed E-state index contributed by atoms with van der Waals surface area (Å²) in [6, 6.07) is 13.9. The van der Waals surface area contributed by atoms with Crippen LogP contribution in [0.15, 0.2) is 48.5 Å². The van der Waals surface area contributed by atoms with E-state index in [2.05, 4.69) is 17.8 Å². The van der Waals surface area contributed by atoms with Gasteiger partial charge in [0.2, 0.25) is 0 Å². The Bertz CT molecular complexity index is 679. The minimum atomic E-state index is -0.379. The number of hydrazine groups is 1. The van der Waals surface area contributed by atoms with Gasteiger partial charge in [0.15, 0.2) is 0 Å². The number of carbonyl (C=O) groups excluding carboxylic acids is 2. The Hall–Kier alpha value is -2.82. The van der Waals surface area contributed by atoms with Crippen molar-refractivity contribution in [1.29, 1.82) is 0 Å². The quantitative estimate of drug-likeness (QED) is 0.632. The van der Waals surface area contributed by atoms with E-state index in [1.165, 1.54) is 0 Å². The zero-order valence-corrected chi connectivity index (χ0v) is 14.0. The summed E-state index contributed by atoms with van der Waals surface area (Å²) in [7, 11) is 0. The Morgan fingerprint density at radius 1 is 0.875 bits per heavy atom. The first-order valence-corrected chi connectivity index (χ1v) is 8.00. The average Bonchev–Trinajstić information content (AvgIpc) is 2.61. The van der Waals surface area contributed by atoms with Crippen molar-refractivity contribution in [3.8, 4) is 5.75 Å². The van der Waals surface area contributed by atoms with Crippen LogP contribution < -0.4 is 15.6 Å². The molecular formula is C19H22N2O3. The highest BCUT2D eigenvalue weighted by molar-refractivity contribution is 5.99. The van der Waals surface area contributed by atoms with Gasteiger partial charge in [0.1, 0.15) is 5.75 Å². The van der Waals surface area contributed by atoms with E-state index in [4.69, 9.17) is 4.74 Å². The molecule has 2 amide bonds. The third kappa shape index (κ3) is 5.12. The second-order valence-corrected chi connectivity index (χ2v) is 5.50. The molecule has 0 radical (unpaired) electrons. The highest BCUT2D eigenvalue weighted by atomic mass is 16.5. The Morgan fingerprint density at radius 2 is 1.38 bits per heavy atom. The Labute approximate surface area is 142 Å². The monoisotopic (exact) mass is 326 g/mol. The average molecular weight is 326 g/mol. The first-order valence-electron chi connectivity index (χ1n) is 8.00. The summed E-state index contributed by atoms with van der Waals surface area (Å²) < 4.78 is 5.55. The molecule has 2 rings (SSSR count). The number of benzene rings is 2. The molecule has 2 N–H and O–H groups in total. The van der Waals surface area contributed by atoms with E-state index in [1.807, 2.05) is 19.1 Å². The van der Waals surface area contributed by atoms with Crippen molar-refractivity contribution in [3.63, 3.8) is 0 Å². The first-order chi connectivity index (χ1) is 11.6. The van der Waals surface area contributed by atoms with Crippen molar-refractivity contribution in [1.82, 2.24) is 10.9 Å². The summed E-state index contributed by atoms with van der Waals surface area (Å²) >= 11 is 0. The van der Waals surface area contributed by atoms with Crippen molar-refractivity contribution < 1.29 is 14.3 Å². The van der Waals surface area contributed by atoms with Crippen LogP contribution in [0, 0.1) is 6.92 Å². The summed E-state index contributed by atoms with van der Waals surface area (Å²) in [6.07, 6.45) is 2.06. The molecule has 24 heavy (non-hydrogen) atoms. The summed E-state index contributed by atoms with van der Waals surface area (Å²) in [5.41, 5.74) is 6.81. The normalized spacial score (nSPS) is 10.1. The minimum Gasteiger partial charge on any atom is -0.494 e. The number of nitrogens with one attached hydrogen (secondary N) is 2. The fourth-order valence-corrected chi connectivity index (χ4v) is 2.00. The molecule has 0 aliphatic carbocycles. The number of hydrogen-bond acceptors (Lipinski definition) is 3. The fraction of sp³-hybridized carbons (Fsp3) is 0.263. The first kappa shape index (κ1) is 17.5. The van der Waals surface area contributed by atoms with E-state index in [9.17, 15) is 9.59 Å². The van der Waals surface area contributed by atoms with Gasteiger partial charge in [-0.25, -0.2) is 0 Å². The van der Waals surface area contributed by atoms with E-state index in [0.29, 0.717) is 17.7 Å². The van der Waals surface area contributed by atoms with Gasteiger partial charge in [0, 0.05) is 11.1 Å². The maximum absolute atomic E-state index is 12.0. The molecule has 0 unspecified atom stereocenters. The van der Waals surface area contributed by atoms with Crippen LogP contribution in [0.3, 0.4) is 0 Å². The number of rotatable bonds is 6. The lowest BCUT2D eigenvalue weighted by molar-refractivity contribution is 0.0846. The van der Waals surface area contributed by atoms with E-state index >= 15 is 0 Å². The lowest BCUT2D eigenvalue weighted by atomic mass is 10.1. The summed E-state index contributed by atoms with van der Waals surface area (Å²) in [5, 5.41) is 0. The lowest BCUT2D eigenvalue weighted by Crippen LogP contribution is -2.41. The Balaban J connectivity index is 1.85. The molecule has 0 bridgehead atoms. The number of ether oxygens (including phenoxy) is 1. The Morgan fingerprint density at radius 3 is 1.88 bits per heavy atom. The van der Waals surface area contributed by atoms with Crippen LogP contribution in [0.2, 0.25) is 0 Å². The second kappa shape index (κ2) is 8.72. The van der Waals surface area contributed by atoms with Crippen LogP contribution in [0.25, 0.3) is 0 Å². The van der Waals surface area contributed by atoms with Gasteiger partial charge in [-0.15, -0.1) is 0 Å². The molecule has 0 aliphatic heterocycles. The largest absolute Gasteiger partial charge is 0.494 e. The topological polar surface area (TPSA) is 67.4 Å². The minimum absolute atomic E-state index is 0.358. The molecule has 2 aromatic rings. The number of amides is 2. The third-order valence-electron chi connectivity index (χ3n) is 3.49. The molecule has 126 valence electrons. The summed E-state index contributed by atoms with van der Waals surface area (Å²) in [6.45, 7) is 4.70. The molecule has 0 spiro atoms. The van der Waals surface area contributed by atoms with Gasteiger partial charge in [-0.2, -0.15) is 0 Å². The van der Waals surface area contributed by atoms with Crippen molar-refractivity contribution in [2.45, 2.75) is 26.7 Å². The number of carbonyl (C=O) groups is 2. The second-order valence-electron chi connectivity index (χ2n) is 5.50. The van der Waals surface area contributed by atoms with Crippen LogP contribution in [0.1, 0.15) is 46.0 Å². The highest BCUT2D eigenvalue weighted by Crippen LogP contribution is 2.12. The van der Waals surface area contributed by atoms with Crippen LogP contribution in [0.4, 0.5) is 0 Å². The maximum Gasteiger partial charge on any atom is 0.269 e. The maximum atomic E-state index is 12.0. The summed E-state index contributed by atoms with van der Waals surface area (Å²) in [5.74, 6) is -0.0119. The zero-order chi connectivity index (χ0) is 17.4. The third-order valence-corrected chi connectivity index (χ3v) is 3.49. The fourth-order valence-electron chi connectivity index (χ4n) is 2.00. The number of unbranched alkanes of at least 4 members (excludes halogenated alkanes) is 1. The Kier molecular flexibility index (Phi) is 6.37. The number of hydrogen-bond donors (Lipinski definition) is 2. The molecule has 0 saturated carbocycles. The van der Waals surface area contributed by atoms with E-state index in [0.717, 1.165) is 24.2 Å². The van der Waals surface area contributed by atoms with Gasteiger partial charge in [-0.1, -0.05) is 31.0 Å². The molecule has 0 saturated heterocycles. The molecule has 5 nitrogen and oxygen atoms in total. The van der Waals surface area contributed by atoms with Gasteiger partial charge in [0.25, 0.3) is 11.8 Å². The van der Waals surface area contributed by atoms with Gasteiger partial charge in [-0.3, -0.25) is 20.4 Å². The molecule has 0 aliphatic rings. The molecule has 0 aromatic heterocycles. The summed E-state index contributed by atoms with van der Waals surface area (Å²) in [4.78, 5) is 24.0.